The van der Waals surface area contributed by atoms with Gasteiger partial charge < -0.3 is 15.2 Å². The second kappa shape index (κ2) is 10.4. The summed E-state index contributed by atoms with van der Waals surface area (Å²) in [5.41, 5.74) is 4.40. The highest BCUT2D eigenvalue weighted by Gasteiger charge is 2.20. The van der Waals surface area contributed by atoms with Gasteiger partial charge in [0.25, 0.3) is 5.91 Å². The molecular weight excluding hydrogens is 445 g/mol. The number of H-pyrrole nitrogens is 1. The van der Waals surface area contributed by atoms with E-state index in [2.05, 4.69) is 25.1 Å². The molecule has 3 aromatic rings. The van der Waals surface area contributed by atoms with E-state index in [4.69, 9.17) is 23.2 Å². The molecule has 32 heavy (non-hydrogen) atoms. The lowest BCUT2D eigenvalue weighted by molar-refractivity contribution is 0.0951. The Morgan fingerprint density at radius 3 is 2.72 bits per heavy atom. The maximum Gasteiger partial charge on any atom is 0.253 e. The van der Waals surface area contributed by atoms with E-state index in [1.54, 1.807) is 12.4 Å². The van der Waals surface area contributed by atoms with Gasteiger partial charge in [0.15, 0.2) is 0 Å². The summed E-state index contributed by atoms with van der Waals surface area (Å²) >= 11 is 12.5. The highest BCUT2D eigenvalue weighted by Crippen LogP contribution is 2.32. The van der Waals surface area contributed by atoms with Crippen molar-refractivity contribution in [3.8, 4) is 11.3 Å². The lowest BCUT2D eigenvalue weighted by Crippen LogP contribution is -2.47. The van der Waals surface area contributed by atoms with Crippen LogP contribution in [0.25, 0.3) is 11.3 Å². The molecule has 1 fully saturated rings. The number of rotatable bonds is 7. The molecule has 0 atom stereocenters. The Kier molecular flexibility index (Phi) is 7.35. The smallest absolute Gasteiger partial charge is 0.253 e. The fourth-order valence-corrected chi connectivity index (χ4v) is 4.44. The first-order valence-corrected chi connectivity index (χ1v) is 11.6. The Labute approximate surface area is 198 Å². The van der Waals surface area contributed by atoms with Gasteiger partial charge in [0.1, 0.15) is 0 Å². The number of pyridine rings is 1. The van der Waals surface area contributed by atoms with Crippen LogP contribution in [0.2, 0.25) is 10.0 Å². The molecule has 0 bridgehead atoms. The summed E-state index contributed by atoms with van der Waals surface area (Å²) < 4.78 is 0. The van der Waals surface area contributed by atoms with E-state index >= 15 is 0 Å². The summed E-state index contributed by atoms with van der Waals surface area (Å²) in [4.78, 5) is 24.7. The van der Waals surface area contributed by atoms with Crippen molar-refractivity contribution in [2.24, 2.45) is 0 Å². The summed E-state index contributed by atoms with van der Waals surface area (Å²) in [6, 6.07) is 11.5. The van der Waals surface area contributed by atoms with Gasteiger partial charge in [0, 0.05) is 62.1 Å². The largest absolute Gasteiger partial charge is 0.368 e. The lowest BCUT2D eigenvalue weighted by atomic mass is 10.2. The zero-order valence-electron chi connectivity index (χ0n) is 18.1. The van der Waals surface area contributed by atoms with E-state index in [-0.39, 0.29) is 5.91 Å². The van der Waals surface area contributed by atoms with Crippen LogP contribution in [0.5, 0.6) is 0 Å². The molecule has 1 aromatic carbocycles. The maximum atomic E-state index is 12.6. The van der Waals surface area contributed by atoms with Crippen LogP contribution in [0.1, 0.15) is 22.5 Å². The normalized spacial score (nSPS) is 14.5. The Bertz CT molecular complexity index is 1060. The molecule has 1 aliphatic heterocycles. The van der Waals surface area contributed by atoms with Crippen LogP contribution in [0, 0.1) is 6.92 Å². The van der Waals surface area contributed by atoms with Crippen LogP contribution in [0.4, 0.5) is 5.69 Å². The molecule has 8 heteroatoms. The number of amides is 1. The summed E-state index contributed by atoms with van der Waals surface area (Å²) in [6.07, 6.45) is 4.43. The minimum atomic E-state index is -0.0469. The zero-order valence-corrected chi connectivity index (χ0v) is 19.6. The highest BCUT2D eigenvalue weighted by atomic mass is 35.5. The van der Waals surface area contributed by atoms with E-state index in [1.807, 2.05) is 43.3 Å². The van der Waals surface area contributed by atoms with Gasteiger partial charge in [0.05, 0.1) is 21.3 Å². The molecule has 3 heterocycles. The van der Waals surface area contributed by atoms with Crippen LogP contribution in [-0.4, -0.2) is 60.0 Å². The van der Waals surface area contributed by atoms with Crippen molar-refractivity contribution in [1.82, 2.24) is 20.2 Å². The molecule has 0 radical (unpaired) electrons. The van der Waals surface area contributed by atoms with Crippen molar-refractivity contribution in [2.45, 2.75) is 13.3 Å². The Morgan fingerprint density at radius 1 is 1.16 bits per heavy atom. The number of aromatic nitrogens is 2. The van der Waals surface area contributed by atoms with Gasteiger partial charge in [-0.05, 0) is 50.2 Å². The molecule has 168 valence electrons. The number of carbonyl (C=O) groups excluding carboxylic acids is 1. The quantitative estimate of drug-likeness (QED) is 0.492. The minimum absolute atomic E-state index is 0.0469. The van der Waals surface area contributed by atoms with Crippen LogP contribution >= 0.6 is 23.2 Å². The topological polar surface area (TPSA) is 64.3 Å². The van der Waals surface area contributed by atoms with Gasteiger partial charge in [-0.1, -0.05) is 29.3 Å². The third-order valence-corrected chi connectivity index (χ3v) is 6.62. The highest BCUT2D eigenvalue weighted by molar-refractivity contribution is 6.43. The summed E-state index contributed by atoms with van der Waals surface area (Å²) in [6.45, 7) is 7.25. The molecule has 0 spiro atoms. The number of benzene rings is 1. The number of aromatic amines is 1. The van der Waals surface area contributed by atoms with Gasteiger partial charge in [-0.2, -0.15) is 0 Å². The van der Waals surface area contributed by atoms with E-state index in [0.717, 1.165) is 61.8 Å². The molecule has 0 unspecified atom stereocenters. The molecule has 4 rings (SSSR count). The average molecular weight is 472 g/mol. The second-order valence-electron chi connectivity index (χ2n) is 7.97. The lowest BCUT2D eigenvalue weighted by Gasteiger charge is -2.36. The van der Waals surface area contributed by atoms with Crippen molar-refractivity contribution in [3.05, 3.63) is 70.1 Å². The van der Waals surface area contributed by atoms with E-state index in [0.29, 0.717) is 22.2 Å². The number of hydrogen-bond acceptors (Lipinski definition) is 4. The fraction of sp³-hybridized carbons (Fsp3) is 0.333. The number of aryl methyl sites for hydroxylation is 1. The number of anilines is 1. The summed E-state index contributed by atoms with van der Waals surface area (Å²) in [5, 5.41) is 4.26. The van der Waals surface area contributed by atoms with Crippen LogP contribution in [0.3, 0.4) is 0 Å². The van der Waals surface area contributed by atoms with Gasteiger partial charge in [-0.3, -0.25) is 14.7 Å². The SMILES string of the molecule is Cc1[nH]c(-c2cccnc2)cc1C(=O)NCCCN1CCN(c2cccc(Cl)c2Cl)CC1. The monoisotopic (exact) mass is 471 g/mol. The Morgan fingerprint density at radius 2 is 1.97 bits per heavy atom. The second-order valence-corrected chi connectivity index (χ2v) is 8.76. The third-order valence-electron chi connectivity index (χ3n) is 5.81. The summed E-state index contributed by atoms with van der Waals surface area (Å²) in [5.74, 6) is -0.0469. The fourth-order valence-electron chi connectivity index (χ4n) is 4.02. The first kappa shape index (κ1) is 22.6. The molecule has 6 nitrogen and oxygen atoms in total. The average Bonchev–Trinajstić information content (AvgIpc) is 3.21. The van der Waals surface area contributed by atoms with E-state index < -0.39 is 0 Å². The predicted octanol–water partition coefficient (Wildman–Crippen LogP) is 4.63. The molecule has 2 aromatic heterocycles. The minimum Gasteiger partial charge on any atom is -0.368 e. The van der Waals surface area contributed by atoms with Crippen molar-refractivity contribution >= 4 is 34.8 Å². The predicted molar refractivity (Wildman–Crippen MR) is 131 cm³/mol. The van der Waals surface area contributed by atoms with E-state index in [9.17, 15) is 4.79 Å². The molecule has 0 saturated carbocycles. The standard InChI is InChI=1S/C24H27Cl2N5O/c1-17-19(15-21(29-17)18-5-3-8-27-16-18)24(32)28-9-4-10-30-11-13-31(14-12-30)22-7-2-6-20(25)23(22)26/h2-3,5-8,15-16,29H,4,9-14H2,1H3,(H,28,32). The third kappa shape index (κ3) is 5.26. The summed E-state index contributed by atoms with van der Waals surface area (Å²) in [7, 11) is 0. The van der Waals surface area contributed by atoms with Crippen molar-refractivity contribution in [1.29, 1.82) is 0 Å². The number of nitrogens with one attached hydrogen (secondary N) is 2. The van der Waals surface area contributed by atoms with Gasteiger partial charge >= 0.3 is 0 Å². The number of nitrogens with zero attached hydrogens (tertiary/aromatic N) is 3. The number of halogens is 2. The van der Waals surface area contributed by atoms with Crippen LogP contribution in [-0.2, 0) is 0 Å². The molecule has 1 aliphatic rings. The van der Waals surface area contributed by atoms with Crippen molar-refractivity contribution in [3.63, 3.8) is 0 Å². The van der Waals surface area contributed by atoms with Gasteiger partial charge in [-0.25, -0.2) is 0 Å². The maximum absolute atomic E-state index is 12.6. The van der Waals surface area contributed by atoms with Crippen molar-refractivity contribution < 1.29 is 4.79 Å². The van der Waals surface area contributed by atoms with Crippen LogP contribution < -0.4 is 10.2 Å². The molecule has 1 amide bonds. The van der Waals surface area contributed by atoms with Gasteiger partial charge in [-0.15, -0.1) is 0 Å². The molecular formula is C24H27Cl2N5O. The van der Waals surface area contributed by atoms with Crippen LogP contribution in [0.15, 0.2) is 48.8 Å². The number of piperazine rings is 1. The first-order chi connectivity index (χ1) is 15.5. The van der Waals surface area contributed by atoms with E-state index in [1.165, 1.54) is 0 Å². The zero-order chi connectivity index (χ0) is 22.5. The molecule has 0 aliphatic carbocycles. The molecule has 1 saturated heterocycles. The Balaban J connectivity index is 1.21. The number of carbonyl (C=O) groups is 1. The first-order valence-electron chi connectivity index (χ1n) is 10.8. The molecule has 2 N–H and O–H groups in total. The van der Waals surface area contributed by atoms with Crippen molar-refractivity contribution in [2.75, 3.05) is 44.2 Å². The number of hydrogen-bond donors (Lipinski definition) is 2. The van der Waals surface area contributed by atoms with Gasteiger partial charge in [0.2, 0.25) is 0 Å². The Hall–Kier alpha value is -2.54.